The molecule has 0 amide bonds. The average molecular weight is 270 g/mol. The first-order valence-corrected chi connectivity index (χ1v) is 6.35. The van der Waals surface area contributed by atoms with Gasteiger partial charge in [-0.2, -0.15) is 20.1 Å². The Morgan fingerprint density at radius 1 is 1.10 bits per heavy atom. The van der Waals surface area contributed by atoms with Crippen molar-refractivity contribution in [2.24, 2.45) is 0 Å². The normalized spacial score (nSPS) is 10.7. The number of hydrogen-bond acceptors (Lipinski definition) is 6. The fraction of sp³-hybridized carbons (Fsp3) is 0.250. The van der Waals surface area contributed by atoms with Gasteiger partial charge in [-0.25, -0.2) is 9.67 Å². The Kier molecular flexibility index (Phi) is 3.36. The highest BCUT2D eigenvalue weighted by molar-refractivity contribution is 5.32. The van der Waals surface area contributed by atoms with Crippen molar-refractivity contribution < 1.29 is 0 Å². The van der Waals surface area contributed by atoms with Crippen molar-refractivity contribution in [2.75, 3.05) is 11.9 Å². The third kappa shape index (κ3) is 2.48. The molecule has 0 spiro atoms. The summed E-state index contributed by atoms with van der Waals surface area (Å²) in [6, 6.07) is 1.82. The fourth-order valence-corrected chi connectivity index (χ4v) is 1.65. The molecule has 20 heavy (non-hydrogen) atoms. The van der Waals surface area contributed by atoms with Crippen molar-refractivity contribution in [2.45, 2.75) is 13.3 Å². The molecule has 3 heterocycles. The van der Waals surface area contributed by atoms with Gasteiger partial charge in [0.15, 0.2) is 0 Å². The zero-order valence-electron chi connectivity index (χ0n) is 11.0. The first-order valence-electron chi connectivity index (χ1n) is 6.35. The largest absolute Gasteiger partial charge is 0.354 e. The molecule has 0 unspecified atom stereocenters. The van der Waals surface area contributed by atoms with Crippen molar-refractivity contribution in [1.82, 2.24) is 34.3 Å². The van der Waals surface area contributed by atoms with E-state index in [1.54, 1.807) is 40.4 Å². The molecule has 0 saturated heterocycles. The van der Waals surface area contributed by atoms with Gasteiger partial charge in [-0.3, -0.25) is 4.57 Å². The maximum atomic E-state index is 4.39. The van der Waals surface area contributed by atoms with Gasteiger partial charge in [0, 0.05) is 31.3 Å². The zero-order chi connectivity index (χ0) is 13.8. The minimum absolute atomic E-state index is 0.465. The lowest BCUT2D eigenvalue weighted by molar-refractivity contribution is 0.772. The molecule has 0 aromatic carbocycles. The summed E-state index contributed by atoms with van der Waals surface area (Å²) in [5.41, 5.74) is 0. The van der Waals surface area contributed by atoms with Gasteiger partial charge in [0.05, 0.1) is 0 Å². The van der Waals surface area contributed by atoms with E-state index in [9.17, 15) is 0 Å². The lowest BCUT2D eigenvalue weighted by Gasteiger charge is -2.08. The summed E-state index contributed by atoms with van der Waals surface area (Å²) >= 11 is 0. The summed E-state index contributed by atoms with van der Waals surface area (Å²) in [6.07, 6.45) is 9.56. The molecule has 0 saturated carbocycles. The van der Waals surface area contributed by atoms with E-state index in [4.69, 9.17) is 0 Å². The molecular formula is C12H14N8. The van der Waals surface area contributed by atoms with Gasteiger partial charge >= 0.3 is 0 Å². The van der Waals surface area contributed by atoms with Crippen LogP contribution in [0.5, 0.6) is 0 Å². The van der Waals surface area contributed by atoms with E-state index in [0.717, 1.165) is 13.0 Å². The van der Waals surface area contributed by atoms with Crippen LogP contribution >= 0.6 is 0 Å². The molecule has 0 fully saturated rings. The van der Waals surface area contributed by atoms with E-state index >= 15 is 0 Å². The predicted molar refractivity (Wildman–Crippen MR) is 72.9 cm³/mol. The van der Waals surface area contributed by atoms with Crippen LogP contribution in [0.1, 0.15) is 13.3 Å². The molecule has 0 radical (unpaired) electrons. The number of imidazole rings is 1. The maximum Gasteiger partial charge on any atom is 0.257 e. The molecule has 3 aromatic heterocycles. The van der Waals surface area contributed by atoms with Crippen LogP contribution in [0.25, 0.3) is 11.9 Å². The van der Waals surface area contributed by atoms with Gasteiger partial charge in [-0.05, 0) is 12.5 Å². The molecule has 0 aliphatic heterocycles. The number of anilines is 1. The lowest BCUT2D eigenvalue weighted by Crippen LogP contribution is -2.13. The Labute approximate surface area is 115 Å². The van der Waals surface area contributed by atoms with E-state index in [1.807, 2.05) is 6.07 Å². The van der Waals surface area contributed by atoms with Crippen molar-refractivity contribution in [3.05, 3.63) is 37.2 Å². The summed E-state index contributed by atoms with van der Waals surface area (Å²) in [7, 11) is 0. The average Bonchev–Trinajstić information content (AvgIpc) is 3.17. The van der Waals surface area contributed by atoms with E-state index in [2.05, 4.69) is 37.3 Å². The Balaban J connectivity index is 2.03. The molecule has 0 aliphatic carbocycles. The molecule has 102 valence electrons. The quantitative estimate of drug-likeness (QED) is 0.746. The van der Waals surface area contributed by atoms with Crippen LogP contribution in [0.3, 0.4) is 0 Å². The molecule has 3 aromatic rings. The highest BCUT2D eigenvalue weighted by Gasteiger charge is 2.09. The van der Waals surface area contributed by atoms with Gasteiger partial charge in [-0.1, -0.05) is 6.92 Å². The summed E-state index contributed by atoms with van der Waals surface area (Å²) in [5.74, 6) is 1.49. The van der Waals surface area contributed by atoms with Crippen LogP contribution in [0.4, 0.5) is 5.95 Å². The SMILES string of the molecule is CCCNc1nc(-n2ccnc2)nc(-n2cccn2)n1. The molecule has 0 atom stereocenters. The number of aromatic nitrogens is 7. The minimum atomic E-state index is 0.465. The van der Waals surface area contributed by atoms with Crippen LogP contribution in [-0.2, 0) is 0 Å². The van der Waals surface area contributed by atoms with Gasteiger partial charge in [-0.15, -0.1) is 0 Å². The van der Waals surface area contributed by atoms with E-state index in [0.29, 0.717) is 17.8 Å². The lowest BCUT2D eigenvalue weighted by atomic mass is 10.5. The second-order valence-corrected chi connectivity index (χ2v) is 4.11. The molecular weight excluding hydrogens is 256 g/mol. The Morgan fingerprint density at radius 2 is 2.00 bits per heavy atom. The first-order chi connectivity index (χ1) is 9.86. The molecule has 8 nitrogen and oxygen atoms in total. The van der Waals surface area contributed by atoms with Crippen LogP contribution in [-0.4, -0.2) is 40.8 Å². The van der Waals surface area contributed by atoms with E-state index in [-0.39, 0.29) is 0 Å². The second kappa shape index (κ2) is 5.47. The van der Waals surface area contributed by atoms with Crippen LogP contribution < -0.4 is 5.32 Å². The molecule has 1 N–H and O–H groups in total. The third-order valence-corrected chi connectivity index (χ3v) is 2.59. The summed E-state index contributed by atoms with van der Waals surface area (Å²) < 4.78 is 3.32. The smallest absolute Gasteiger partial charge is 0.257 e. The van der Waals surface area contributed by atoms with Gasteiger partial charge in [0.2, 0.25) is 11.9 Å². The Bertz CT molecular complexity index is 606. The zero-order valence-corrected chi connectivity index (χ0v) is 11.0. The number of rotatable bonds is 5. The van der Waals surface area contributed by atoms with Gasteiger partial charge in [0.25, 0.3) is 5.95 Å². The fourth-order valence-electron chi connectivity index (χ4n) is 1.65. The van der Waals surface area contributed by atoms with Crippen molar-refractivity contribution >= 4 is 5.95 Å². The van der Waals surface area contributed by atoms with Crippen LogP contribution in [0.2, 0.25) is 0 Å². The number of nitrogens with one attached hydrogen (secondary N) is 1. The molecule has 8 heteroatoms. The second-order valence-electron chi connectivity index (χ2n) is 4.11. The molecule has 0 bridgehead atoms. The number of hydrogen-bond donors (Lipinski definition) is 1. The van der Waals surface area contributed by atoms with Crippen molar-refractivity contribution in [3.8, 4) is 11.9 Å². The van der Waals surface area contributed by atoms with E-state index < -0.39 is 0 Å². The van der Waals surface area contributed by atoms with Crippen LogP contribution in [0, 0.1) is 0 Å². The minimum Gasteiger partial charge on any atom is -0.354 e. The van der Waals surface area contributed by atoms with Crippen LogP contribution in [0.15, 0.2) is 37.2 Å². The maximum absolute atomic E-state index is 4.39. The highest BCUT2D eigenvalue weighted by atomic mass is 15.4. The first kappa shape index (κ1) is 12.3. The summed E-state index contributed by atoms with van der Waals surface area (Å²) in [6.45, 7) is 2.88. The standard InChI is InChI=1S/C12H14N8/c1-2-4-14-10-16-11(19-8-6-13-9-19)18-12(17-10)20-7-3-5-15-20/h3,5-9H,2,4H2,1H3,(H,14,16,17,18). The van der Waals surface area contributed by atoms with Crippen molar-refractivity contribution in [1.29, 1.82) is 0 Å². The predicted octanol–water partition coefficient (Wildman–Crippen LogP) is 1.06. The third-order valence-electron chi connectivity index (χ3n) is 2.59. The molecule has 0 aliphatic rings. The van der Waals surface area contributed by atoms with E-state index in [1.165, 1.54) is 0 Å². The monoisotopic (exact) mass is 270 g/mol. The van der Waals surface area contributed by atoms with Gasteiger partial charge < -0.3 is 5.32 Å². The van der Waals surface area contributed by atoms with Crippen molar-refractivity contribution in [3.63, 3.8) is 0 Å². The van der Waals surface area contributed by atoms with Gasteiger partial charge in [0.1, 0.15) is 6.33 Å². The summed E-state index contributed by atoms with van der Waals surface area (Å²) in [5, 5.41) is 7.30. The molecule has 3 rings (SSSR count). The topological polar surface area (TPSA) is 86.3 Å². The Morgan fingerprint density at radius 3 is 2.70 bits per heavy atom. The summed E-state index contributed by atoms with van der Waals surface area (Å²) in [4.78, 5) is 17.1. The highest BCUT2D eigenvalue weighted by Crippen LogP contribution is 2.08. The number of nitrogens with zero attached hydrogens (tertiary/aromatic N) is 7. The Hall–Kier alpha value is -2.77.